The molecule has 130 valence electrons. The van der Waals surface area contributed by atoms with Crippen molar-refractivity contribution >= 4 is 28.5 Å². The van der Waals surface area contributed by atoms with Gasteiger partial charge in [0.15, 0.2) is 0 Å². The fourth-order valence-corrected chi connectivity index (χ4v) is 3.94. The van der Waals surface area contributed by atoms with E-state index in [4.69, 9.17) is 4.42 Å². The van der Waals surface area contributed by atoms with Gasteiger partial charge in [0.2, 0.25) is 5.91 Å². The van der Waals surface area contributed by atoms with Gasteiger partial charge in [-0.2, -0.15) is 0 Å². The van der Waals surface area contributed by atoms with Crippen molar-refractivity contribution in [1.29, 1.82) is 0 Å². The first-order chi connectivity index (χ1) is 12.1. The number of amides is 1. The highest BCUT2D eigenvalue weighted by Gasteiger charge is 2.30. The SMILES string of the molecule is O=C([O-])[C@H]1CC=CC[C@@H]1C(=O)Nc1ccc2oc3c(c2c1)CCCC3. The Kier molecular flexibility index (Phi) is 4.07. The third kappa shape index (κ3) is 2.95. The number of aryl methyl sites for hydroxylation is 2. The second kappa shape index (κ2) is 6.39. The molecule has 0 radical (unpaired) electrons. The van der Waals surface area contributed by atoms with Gasteiger partial charge in [-0.25, -0.2) is 0 Å². The van der Waals surface area contributed by atoms with Crippen LogP contribution in [0.3, 0.4) is 0 Å². The molecule has 5 heteroatoms. The molecule has 4 rings (SSSR count). The fraction of sp³-hybridized carbons (Fsp3) is 0.400. The molecule has 1 heterocycles. The molecular formula is C20H20NO4-. The number of fused-ring (bicyclic) bond motifs is 3. The number of benzene rings is 1. The summed E-state index contributed by atoms with van der Waals surface area (Å²) in [7, 11) is 0. The number of anilines is 1. The standard InChI is InChI=1S/C20H21NO4/c22-19(14-6-1-2-7-15(14)20(23)24)21-12-9-10-18-16(11-12)13-5-3-4-8-17(13)25-18/h1-2,9-11,14-15H,3-8H2,(H,21,22)(H,23,24)/p-1/t14-,15-/m0/s1. The molecule has 5 nitrogen and oxygen atoms in total. The molecule has 1 N–H and O–H groups in total. The third-order valence-electron chi connectivity index (χ3n) is 5.29. The largest absolute Gasteiger partial charge is 0.550 e. The lowest BCUT2D eigenvalue weighted by atomic mass is 9.82. The second-order valence-electron chi connectivity index (χ2n) is 6.89. The predicted molar refractivity (Wildman–Crippen MR) is 91.8 cm³/mol. The van der Waals surface area contributed by atoms with E-state index in [9.17, 15) is 14.7 Å². The van der Waals surface area contributed by atoms with Crippen LogP contribution in [-0.4, -0.2) is 11.9 Å². The summed E-state index contributed by atoms with van der Waals surface area (Å²) in [5.74, 6) is -1.74. The Labute approximate surface area is 145 Å². The summed E-state index contributed by atoms with van der Waals surface area (Å²) in [4.78, 5) is 23.9. The average molecular weight is 338 g/mol. The summed E-state index contributed by atoms with van der Waals surface area (Å²) in [5, 5.41) is 15.2. The first-order valence-electron chi connectivity index (χ1n) is 8.84. The van der Waals surface area contributed by atoms with Crippen LogP contribution in [0, 0.1) is 11.8 Å². The number of nitrogens with one attached hydrogen (secondary N) is 1. The van der Waals surface area contributed by atoms with E-state index in [0.29, 0.717) is 18.5 Å². The summed E-state index contributed by atoms with van der Waals surface area (Å²) in [5.41, 5.74) is 2.77. The van der Waals surface area contributed by atoms with Gasteiger partial charge in [0.1, 0.15) is 11.3 Å². The molecule has 0 unspecified atom stereocenters. The van der Waals surface area contributed by atoms with Crippen molar-refractivity contribution in [3.05, 3.63) is 41.7 Å². The van der Waals surface area contributed by atoms with E-state index in [-0.39, 0.29) is 5.91 Å². The topological polar surface area (TPSA) is 82.4 Å². The van der Waals surface area contributed by atoms with Crippen molar-refractivity contribution in [2.24, 2.45) is 11.8 Å². The summed E-state index contributed by atoms with van der Waals surface area (Å²) in [6.07, 6.45) is 8.69. The van der Waals surface area contributed by atoms with E-state index >= 15 is 0 Å². The lowest BCUT2D eigenvalue weighted by Gasteiger charge is -2.28. The summed E-state index contributed by atoms with van der Waals surface area (Å²) in [6.45, 7) is 0. The number of hydrogen-bond acceptors (Lipinski definition) is 4. The average Bonchev–Trinajstić information content (AvgIpc) is 2.99. The van der Waals surface area contributed by atoms with Gasteiger partial charge in [-0.1, -0.05) is 12.2 Å². The normalized spacial score (nSPS) is 22.6. The van der Waals surface area contributed by atoms with Crippen LogP contribution in [0.4, 0.5) is 5.69 Å². The molecular weight excluding hydrogens is 318 g/mol. The van der Waals surface area contributed by atoms with Crippen LogP contribution in [0.2, 0.25) is 0 Å². The van der Waals surface area contributed by atoms with Crippen molar-refractivity contribution in [2.75, 3.05) is 5.32 Å². The summed E-state index contributed by atoms with van der Waals surface area (Å²) in [6, 6.07) is 5.62. The monoisotopic (exact) mass is 338 g/mol. The van der Waals surface area contributed by atoms with E-state index in [1.54, 1.807) is 6.08 Å². The van der Waals surface area contributed by atoms with E-state index in [1.165, 1.54) is 5.56 Å². The molecule has 0 saturated carbocycles. The maximum Gasteiger partial charge on any atom is 0.228 e. The molecule has 25 heavy (non-hydrogen) atoms. The van der Waals surface area contributed by atoms with Gasteiger partial charge in [-0.05, 0) is 50.3 Å². The van der Waals surface area contributed by atoms with Crippen molar-refractivity contribution < 1.29 is 19.1 Å². The Hall–Kier alpha value is -2.56. The molecule has 0 saturated heterocycles. The Balaban J connectivity index is 1.58. The predicted octanol–water partition coefficient (Wildman–Crippen LogP) is 2.58. The lowest BCUT2D eigenvalue weighted by Crippen LogP contribution is -2.41. The smallest absolute Gasteiger partial charge is 0.228 e. The lowest BCUT2D eigenvalue weighted by molar-refractivity contribution is -0.313. The molecule has 2 aromatic rings. The van der Waals surface area contributed by atoms with Crippen molar-refractivity contribution in [3.63, 3.8) is 0 Å². The minimum atomic E-state index is -1.16. The first kappa shape index (κ1) is 15.9. The van der Waals surface area contributed by atoms with Crippen molar-refractivity contribution in [2.45, 2.75) is 38.5 Å². The Morgan fingerprint density at radius 1 is 1.08 bits per heavy atom. The minimum absolute atomic E-state index is 0.268. The van der Waals surface area contributed by atoms with E-state index < -0.39 is 17.8 Å². The zero-order valence-electron chi connectivity index (χ0n) is 13.9. The Morgan fingerprint density at radius 2 is 1.84 bits per heavy atom. The zero-order valence-corrected chi connectivity index (χ0v) is 13.9. The third-order valence-corrected chi connectivity index (χ3v) is 5.29. The maximum atomic E-state index is 12.6. The number of carbonyl (C=O) groups excluding carboxylic acids is 2. The number of carboxylic acid groups (broad SMARTS) is 1. The number of rotatable bonds is 3. The van der Waals surface area contributed by atoms with E-state index in [2.05, 4.69) is 5.32 Å². The number of carbonyl (C=O) groups is 2. The van der Waals surface area contributed by atoms with Crippen LogP contribution in [0.25, 0.3) is 11.0 Å². The second-order valence-corrected chi connectivity index (χ2v) is 6.89. The van der Waals surface area contributed by atoms with Gasteiger partial charge < -0.3 is 19.6 Å². The molecule has 0 aliphatic heterocycles. The number of hydrogen-bond donors (Lipinski definition) is 1. The molecule has 2 aliphatic carbocycles. The number of carboxylic acids is 1. The number of aliphatic carboxylic acids is 1. The van der Waals surface area contributed by atoms with Gasteiger partial charge >= 0.3 is 0 Å². The van der Waals surface area contributed by atoms with Crippen molar-refractivity contribution in [3.8, 4) is 0 Å². The molecule has 2 aliphatic rings. The van der Waals surface area contributed by atoms with Crippen LogP contribution in [0.5, 0.6) is 0 Å². The van der Waals surface area contributed by atoms with Crippen molar-refractivity contribution in [1.82, 2.24) is 0 Å². The Bertz CT molecular complexity index is 864. The molecule has 0 bridgehead atoms. The van der Waals surface area contributed by atoms with Gasteiger partial charge in [0.05, 0.1) is 5.92 Å². The molecule has 1 amide bonds. The van der Waals surface area contributed by atoms with E-state index in [0.717, 1.165) is 42.4 Å². The van der Waals surface area contributed by atoms with Crippen LogP contribution >= 0.6 is 0 Å². The maximum absolute atomic E-state index is 12.6. The fourth-order valence-electron chi connectivity index (χ4n) is 3.94. The molecule has 1 aromatic heterocycles. The van der Waals surface area contributed by atoms with Crippen LogP contribution in [0.1, 0.15) is 37.0 Å². The first-order valence-corrected chi connectivity index (χ1v) is 8.84. The molecule has 2 atom stereocenters. The molecule has 0 spiro atoms. The van der Waals surface area contributed by atoms with E-state index in [1.807, 2.05) is 24.3 Å². The summed E-state index contributed by atoms with van der Waals surface area (Å²) >= 11 is 0. The molecule has 1 aromatic carbocycles. The van der Waals surface area contributed by atoms with Gasteiger partial charge in [0, 0.05) is 34.9 Å². The highest BCUT2D eigenvalue weighted by atomic mass is 16.4. The number of allylic oxidation sites excluding steroid dienone is 2. The highest BCUT2D eigenvalue weighted by molar-refractivity contribution is 5.97. The van der Waals surface area contributed by atoms with Crippen LogP contribution in [-0.2, 0) is 22.4 Å². The quantitative estimate of drug-likeness (QED) is 0.872. The highest BCUT2D eigenvalue weighted by Crippen LogP contribution is 2.34. The van der Waals surface area contributed by atoms with Gasteiger partial charge in [-0.15, -0.1) is 0 Å². The number of furan rings is 1. The van der Waals surface area contributed by atoms with Crippen LogP contribution < -0.4 is 10.4 Å². The zero-order chi connectivity index (χ0) is 17.4. The van der Waals surface area contributed by atoms with Gasteiger partial charge in [0.25, 0.3) is 0 Å². The Morgan fingerprint density at radius 3 is 2.64 bits per heavy atom. The minimum Gasteiger partial charge on any atom is -0.550 e. The van der Waals surface area contributed by atoms with Gasteiger partial charge in [-0.3, -0.25) is 4.79 Å². The van der Waals surface area contributed by atoms with Crippen LogP contribution in [0.15, 0.2) is 34.8 Å². The summed E-state index contributed by atoms with van der Waals surface area (Å²) < 4.78 is 5.91. The molecule has 0 fully saturated rings.